The molecule has 1 atom stereocenters. The molecule has 4 nitrogen and oxygen atoms in total. The second kappa shape index (κ2) is 9.34. The van der Waals surface area contributed by atoms with Crippen LogP contribution in [-0.4, -0.2) is 49.8 Å². The van der Waals surface area contributed by atoms with E-state index in [9.17, 15) is 4.79 Å². The van der Waals surface area contributed by atoms with E-state index >= 15 is 0 Å². The molecule has 1 saturated heterocycles. The lowest BCUT2D eigenvalue weighted by atomic mass is 10.0. The third-order valence-corrected chi connectivity index (χ3v) is 3.41. The van der Waals surface area contributed by atoms with Crippen LogP contribution in [0.3, 0.4) is 0 Å². The Balaban J connectivity index is 2.41. The SMILES string of the molecule is CCCCCC(CC(=O)OCC)N1CCOCC1. The lowest BCUT2D eigenvalue weighted by molar-refractivity contribution is -0.145. The largest absolute Gasteiger partial charge is 0.466 e. The maximum atomic E-state index is 11.6. The van der Waals surface area contributed by atoms with E-state index in [2.05, 4.69) is 11.8 Å². The van der Waals surface area contributed by atoms with Crippen LogP contribution < -0.4 is 0 Å². The van der Waals surface area contributed by atoms with Gasteiger partial charge < -0.3 is 9.47 Å². The molecule has 1 aliphatic rings. The third-order valence-electron chi connectivity index (χ3n) is 3.41. The molecule has 106 valence electrons. The maximum Gasteiger partial charge on any atom is 0.307 e. The molecular weight excluding hydrogens is 230 g/mol. The molecule has 0 radical (unpaired) electrons. The highest BCUT2D eigenvalue weighted by atomic mass is 16.5. The normalized spacial score (nSPS) is 18.6. The van der Waals surface area contributed by atoms with Crippen molar-refractivity contribution in [2.75, 3.05) is 32.9 Å². The zero-order valence-corrected chi connectivity index (χ0v) is 11.8. The molecular formula is C14H27NO3. The molecule has 0 spiro atoms. The van der Waals surface area contributed by atoms with Gasteiger partial charge in [-0.15, -0.1) is 0 Å². The van der Waals surface area contributed by atoms with Crippen molar-refractivity contribution in [3.8, 4) is 0 Å². The summed E-state index contributed by atoms with van der Waals surface area (Å²) in [4.78, 5) is 14.0. The van der Waals surface area contributed by atoms with Crippen molar-refractivity contribution in [2.24, 2.45) is 0 Å². The first-order valence-corrected chi connectivity index (χ1v) is 7.25. The number of unbranched alkanes of at least 4 members (excludes halogenated alkanes) is 2. The summed E-state index contributed by atoms with van der Waals surface area (Å²) in [5, 5.41) is 0. The van der Waals surface area contributed by atoms with Crippen molar-refractivity contribution in [1.82, 2.24) is 4.90 Å². The van der Waals surface area contributed by atoms with Crippen molar-refractivity contribution < 1.29 is 14.3 Å². The molecule has 4 heteroatoms. The van der Waals surface area contributed by atoms with E-state index in [0.29, 0.717) is 19.1 Å². The van der Waals surface area contributed by atoms with Crippen LogP contribution in [0.2, 0.25) is 0 Å². The van der Waals surface area contributed by atoms with Crippen molar-refractivity contribution in [3.63, 3.8) is 0 Å². The fourth-order valence-corrected chi connectivity index (χ4v) is 2.40. The van der Waals surface area contributed by atoms with E-state index in [1.807, 2.05) is 6.92 Å². The van der Waals surface area contributed by atoms with E-state index in [1.54, 1.807) is 0 Å². The number of morpholine rings is 1. The first-order chi connectivity index (χ1) is 8.77. The highest BCUT2D eigenvalue weighted by Crippen LogP contribution is 2.16. The predicted molar refractivity (Wildman–Crippen MR) is 71.6 cm³/mol. The highest BCUT2D eigenvalue weighted by Gasteiger charge is 2.23. The summed E-state index contributed by atoms with van der Waals surface area (Å²) < 4.78 is 10.4. The first kappa shape index (κ1) is 15.4. The van der Waals surface area contributed by atoms with Gasteiger partial charge in [0.25, 0.3) is 0 Å². The smallest absolute Gasteiger partial charge is 0.307 e. The van der Waals surface area contributed by atoms with Gasteiger partial charge in [-0.1, -0.05) is 26.2 Å². The van der Waals surface area contributed by atoms with Crippen LogP contribution in [0.15, 0.2) is 0 Å². The quantitative estimate of drug-likeness (QED) is 0.494. The average Bonchev–Trinajstić information content (AvgIpc) is 2.39. The van der Waals surface area contributed by atoms with E-state index in [0.717, 1.165) is 32.7 Å². The van der Waals surface area contributed by atoms with Gasteiger partial charge in [0.1, 0.15) is 0 Å². The van der Waals surface area contributed by atoms with Crippen molar-refractivity contribution in [3.05, 3.63) is 0 Å². The van der Waals surface area contributed by atoms with Crippen molar-refractivity contribution in [2.45, 2.75) is 52.0 Å². The second-order valence-corrected chi connectivity index (χ2v) is 4.81. The summed E-state index contributed by atoms with van der Waals surface area (Å²) in [6.45, 7) is 7.99. The number of esters is 1. The van der Waals surface area contributed by atoms with E-state index in [1.165, 1.54) is 19.3 Å². The monoisotopic (exact) mass is 257 g/mol. The van der Waals surface area contributed by atoms with Gasteiger partial charge in [-0.05, 0) is 13.3 Å². The molecule has 0 aliphatic carbocycles. The minimum Gasteiger partial charge on any atom is -0.466 e. The van der Waals surface area contributed by atoms with Crippen LogP contribution >= 0.6 is 0 Å². The summed E-state index contributed by atoms with van der Waals surface area (Å²) in [5.41, 5.74) is 0. The number of ether oxygens (including phenoxy) is 2. The Morgan fingerprint density at radius 2 is 2.00 bits per heavy atom. The molecule has 0 aromatic heterocycles. The maximum absolute atomic E-state index is 11.6. The predicted octanol–water partition coefficient (Wildman–Crippen LogP) is 2.22. The fraction of sp³-hybridized carbons (Fsp3) is 0.929. The Labute approximate surface area is 111 Å². The molecule has 1 unspecified atom stereocenters. The van der Waals surface area contributed by atoms with Crippen molar-refractivity contribution in [1.29, 1.82) is 0 Å². The summed E-state index contributed by atoms with van der Waals surface area (Å²) in [5.74, 6) is -0.0644. The second-order valence-electron chi connectivity index (χ2n) is 4.81. The molecule has 1 aliphatic heterocycles. The highest BCUT2D eigenvalue weighted by molar-refractivity contribution is 5.70. The lowest BCUT2D eigenvalue weighted by Gasteiger charge is -2.34. The number of carbonyl (C=O) groups is 1. The summed E-state index contributed by atoms with van der Waals surface area (Å²) >= 11 is 0. The summed E-state index contributed by atoms with van der Waals surface area (Å²) in [6.07, 6.45) is 5.26. The number of hydrogen-bond acceptors (Lipinski definition) is 4. The number of carbonyl (C=O) groups excluding carboxylic acids is 1. The molecule has 0 saturated carbocycles. The third kappa shape index (κ3) is 5.83. The zero-order chi connectivity index (χ0) is 13.2. The standard InChI is InChI=1S/C14H27NO3/c1-3-5-6-7-13(12-14(16)18-4-2)15-8-10-17-11-9-15/h13H,3-12H2,1-2H3. The molecule has 1 rings (SSSR count). The van der Waals surface area contributed by atoms with E-state index < -0.39 is 0 Å². The average molecular weight is 257 g/mol. The molecule has 0 N–H and O–H groups in total. The molecule has 0 bridgehead atoms. The molecule has 0 aromatic rings. The van der Waals surface area contributed by atoms with Gasteiger partial charge in [0.15, 0.2) is 0 Å². The van der Waals surface area contributed by atoms with Crippen molar-refractivity contribution >= 4 is 5.97 Å². The van der Waals surface area contributed by atoms with Crippen LogP contribution in [0, 0.1) is 0 Å². The Morgan fingerprint density at radius 3 is 2.61 bits per heavy atom. The van der Waals surface area contributed by atoms with Crippen LogP contribution in [-0.2, 0) is 14.3 Å². The van der Waals surface area contributed by atoms with Crippen LogP contribution in [0.5, 0.6) is 0 Å². The minimum atomic E-state index is -0.0644. The van der Waals surface area contributed by atoms with Gasteiger partial charge in [0.05, 0.1) is 26.2 Å². The molecule has 1 heterocycles. The van der Waals surface area contributed by atoms with Crippen LogP contribution in [0.1, 0.15) is 46.0 Å². The zero-order valence-electron chi connectivity index (χ0n) is 11.8. The number of rotatable bonds is 8. The number of hydrogen-bond donors (Lipinski definition) is 0. The van der Waals surface area contributed by atoms with Gasteiger partial charge in [0, 0.05) is 19.1 Å². The van der Waals surface area contributed by atoms with Crippen LogP contribution in [0.25, 0.3) is 0 Å². The molecule has 0 aromatic carbocycles. The Bertz CT molecular complexity index is 227. The first-order valence-electron chi connectivity index (χ1n) is 7.25. The molecule has 0 amide bonds. The Morgan fingerprint density at radius 1 is 1.28 bits per heavy atom. The summed E-state index contributed by atoms with van der Waals surface area (Å²) in [6, 6.07) is 0.333. The minimum absolute atomic E-state index is 0.0644. The topological polar surface area (TPSA) is 38.8 Å². The number of nitrogens with zero attached hydrogens (tertiary/aromatic N) is 1. The summed E-state index contributed by atoms with van der Waals surface area (Å²) in [7, 11) is 0. The van der Waals surface area contributed by atoms with E-state index in [-0.39, 0.29) is 5.97 Å². The van der Waals surface area contributed by atoms with E-state index in [4.69, 9.17) is 9.47 Å². The van der Waals surface area contributed by atoms with Gasteiger partial charge in [-0.25, -0.2) is 0 Å². The fourth-order valence-electron chi connectivity index (χ4n) is 2.40. The molecule has 1 fully saturated rings. The van der Waals surface area contributed by atoms with Crippen LogP contribution in [0.4, 0.5) is 0 Å². The van der Waals surface area contributed by atoms with Gasteiger partial charge in [-0.3, -0.25) is 9.69 Å². The van der Waals surface area contributed by atoms with Gasteiger partial charge in [-0.2, -0.15) is 0 Å². The molecule has 18 heavy (non-hydrogen) atoms. The lowest BCUT2D eigenvalue weighted by Crippen LogP contribution is -2.44. The Hall–Kier alpha value is -0.610. The Kier molecular flexibility index (Phi) is 8.01. The van der Waals surface area contributed by atoms with Gasteiger partial charge >= 0.3 is 5.97 Å². The van der Waals surface area contributed by atoms with Gasteiger partial charge in [0.2, 0.25) is 0 Å².